The van der Waals surface area contributed by atoms with Gasteiger partial charge in [0.1, 0.15) is 0 Å². The van der Waals surface area contributed by atoms with Crippen LogP contribution in [0.15, 0.2) is 84.9 Å². The van der Waals surface area contributed by atoms with Crippen LogP contribution in [-0.2, 0) is 11.2 Å². The number of nitrogens with one attached hydrogen (secondary N) is 2. The van der Waals surface area contributed by atoms with Gasteiger partial charge in [-0.1, -0.05) is 73.1 Å². The van der Waals surface area contributed by atoms with Gasteiger partial charge in [-0.3, -0.25) is 10.1 Å². The topological polar surface area (TPSA) is 66.9 Å². The van der Waals surface area contributed by atoms with Crippen LogP contribution in [0.2, 0.25) is 5.02 Å². The van der Waals surface area contributed by atoms with E-state index in [1.54, 1.807) is 0 Å². The first-order valence-electron chi connectivity index (χ1n) is 10.4. The molecule has 0 radical (unpaired) electrons. The van der Waals surface area contributed by atoms with Crippen molar-refractivity contribution in [1.82, 2.24) is 9.97 Å². The lowest BCUT2D eigenvalue weighted by Gasteiger charge is -2.11. The van der Waals surface area contributed by atoms with Crippen molar-refractivity contribution in [2.75, 3.05) is 17.2 Å². The zero-order chi connectivity index (χ0) is 22.3. The lowest BCUT2D eigenvalue weighted by molar-refractivity contribution is -0.114. The van der Waals surface area contributed by atoms with Crippen molar-refractivity contribution >= 4 is 29.1 Å². The van der Waals surface area contributed by atoms with Crippen LogP contribution in [0.3, 0.4) is 0 Å². The molecule has 0 aliphatic heterocycles. The van der Waals surface area contributed by atoms with Crippen molar-refractivity contribution in [3.8, 4) is 22.5 Å². The highest BCUT2D eigenvalue weighted by Gasteiger charge is 2.11. The summed E-state index contributed by atoms with van der Waals surface area (Å²) in [5, 5.41) is 6.60. The first-order chi connectivity index (χ1) is 15.6. The van der Waals surface area contributed by atoms with Crippen LogP contribution >= 0.6 is 11.6 Å². The largest absolute Gasteiger partial charge is 0.376 e. The average molecular weight is 443 g/mol. The predicted molar refractivity (Wildman–Crippen MR) is 131 cm³/mol. The van der Waals surface area contributed by atoms with Gasteiger partial charge in [-0.25, -0.2) is 9.97 Å². The fourth-order valence-corrected chi connectivity index (χ4v) is 3.36. The monoisotopic (exact) mass is 442 g/mol. The molecule has 0 aliphatic carbocycles. The summed E-state index contributed by atoms with van der Waals surface area (Å²) < 4.78 is 0. The lowest BCUT2D eigenvalue weighted by Crippen LogP contribution is -2.23. The summed E-state index contributed by atoms with van der Waals surface area (Å²) in [5.41, 5.74) is 5.39. The second-order valence-electron chi connectivity index (χ2n) is 7.29. The van der Waals surface area contributed by atoms with Gasteiger partial charge >= 0.3 is 0 Å². The van der Waals surface area contributed by atoms with E-state index in [0.717, 1.165) is 28.9 Å². The van der Waals surface area contributed by atoms with Gasteiger partial charge < -0.3 is 5.32 Å². The minimum atomic E-state index is -0.225. The highest BCUT2D eigenvalue weighted by Crippen LogP contribution is 2.26. The number of halogens is 1. The van der Waals surface area contributed by atoms with E-state index >= 15 is 0 Å². The van der Waals surface area contributed by atoms with E-state index in [0.29, 0.717) is 10.7 Å². The molecule has 160 valence electrons. The molecule has 0 saturated heterocycles. The fourth-order valence-electron chi connectivity index (χ4n) is 3.24. The maximum atomic E-state index is 12.6. The molecule has 0 unspecified atom stereocenters. The zero-order valence-electron chi connectivity index (χ0n) is 17.7. The van der Waals surface area contributed by atoms with E-state index in [4.69, 9.17) is 11.6 Å². The van der Waals surface area contributed by atoms with Gasteiger partial charge in [-0.2, -0.15) is 0 Å². The highest BCUT2D eigenvalue weighted by molar-refractivity contribution is 6.30. The molecule has 1 aromatic heterocycles. The second-order valence-corrected chi connectivity index (χ2v) is 7.72. The van der Waals surface area contributed by atoms with E-state index in [9.17, 15) is 4.79 Å². The summed E-state index contributed by atoms with van der Waals surface area (Å²) in [6.07, 6.45) is 0.978. The van der Waals surface area contributed by atoms with Gasteiger partial charge in [0.15, 0.2) is 0 Å². The number of carbonyl (C=O) groups is 1. The van der Waals surface area contributed by atoms with Gasteiger partial charge in [0.25, 0.3) is 0 Å². The summed E-state index contributed by atoms with van der Waals surface area (Å²) in [6, 6.07) is 27.1. The minimum absolute atomic E-state index is 0.112. The molecule has 2 N–H and O–H groups in total. The Morgan fingerprint density at radius 2 is 1.47 bits per heavy atom. The van der Waals surface area contributed by atoms with Crippen LogP contribution in [0.4, 0.5) is 11.6 Å². The summed E-state index contributed by atoms with van der Waals surface area (Å²) in [5.74, 6) is 0.0290. The Hall–Kier alpha value is -3.70. The molecule has 4 rings (SSSR count). The molecule has 0 atom stereocenters. The number of amides is 1. The van der Waals surface area contributed by atoms with Crippen LogP contribution in [-0.4, -0.2) is 22.4 Å². The minimum Gasteiger partial charge on any atom is -0.376 e. The van der Waals surface area contributed by atoms with Crippen molar-refractivity contribution in [2.45, 2.75) is 13.3 Å². The number of benzene rings is 3. The molecule has 4 aromatic rings. The average Bonchev–Trinajstić information content (AvgIpc) is 2.84. The predicted octanol–water partition coefficient (Wildman–Crippen LogP) is 6.08. The SMILES string of the molecule is CCc1ccc(NCC(=O)Nc2nc(-c3ccccc3)cc(-c3ccc(Cl)cc3)n2)cc1. The number of rotatable bonds is 7. The third kappa shape index (κ3) is 5.50. The number of carbonyl (C=O) groups excluding carboxylic acids is 1. The Morgan fingerprint density at radius 3 is 2.09 bits per heavy atom. The number of hydrogen-bond acceptors (Lipinski definition) is 4. The Kier molecular flexibility index (Phi) is 6.78. The summed E-state index contributed by atoms with van der Waals surface area (Å²) in [4.78, 5) is 21.7. The molecule has 0 spiro atoms. The van der Waals surface area contributed by atoms with Crippen molar-refractivity contribution < 1.29 is 4.79 Å². The molecule has 0 bridgehead atoms. The van der Waals surface area contributed by atoms with Gasteiger partial charge in [0.05, 0.1) is 17.9 Å². The molecule has 1 heterocycles. The van der Waals surface area contributed by atoms with E-state index in [1.807, 2.05) is 84.9 Å². The van der Waals surface area contributed by atoms with Crippen molar-refractivity contribution in [3.05, 3.63) is 95.5 Å². The number of anilines is 2. The smallest absolute Gasteiger partial charge is 0.246 e. The van der Waals surface area contributed by atoms with Crippen LogP contribution in [0.25, 0.3) is 22.5 Å². The molecule has 3 aromatic carbocycles. The lowest BCUT2D eigenvalue weighted by atomic mass is 10.1. The first-order valence-corrected chi connectivity index (χ1v) is 10.8. The first kappa shape index (κ1) is 21.5. The van der Waals surface area contributed by atoms with Gasteiger partial charge in [0.2, 0.25) is 11.9 Å². The number of nitrogens with zero attached hydrogens (tertiary/aromatic N) is 2. The second kappa shape index (κ2) is 10.1. The fraction of sp³-hybridized carbons (Fsp3) is 0.115. The molecule has 6 heteroatoms. The third-order valence-corrected chi connectivity index (χ3v) is 5.25. The molecular weight excluding hydrogens is 420 g/mol. The van der Waals surface area contributed by atoms with E-state index in [2.05, 4.69) is 27.5 Å². The van der Waals surface area contributed by atoms with Gasteiger partial charge in [-0.05, 0) is 42.3 Å². The summed E-state index contributed by atoms with van der Waals surface area (Å²) >= 11 is 6.03. The Bertz CT molecular complexity index is 1190. The molecular formula is C26H23ClN4O. The quantitative estimate of drug-likeness (QED) is 0.364. The summed E-state index contributed by atoms with van der Waals surface area (Å²) in [6.45, 7) is 2.22. The molecule has 5 nitrogen and oxygen atoms in total. The van der Waals surface area contributed by atoms with Crippen LogP contribution < -0.4 is 10.6 Å². The van der Waals surface area contributed by atoms with E-state index in [-0.39, 0.29) is 18.4 Å². The Labute approximate surface area is 192 Å². The van der Waals surface area contributed by atoms with Crippen LogP contribution in [0, 0.1) is 0 Å². The zero-order valence-corrected chi connectivity index (χ0v) is 18.4. The van der Waals surface area contributed by atoms with Crippen molar-refractivity contribution in [3.63, 3.8) is 0 Å². The maximum absolute atomic E-state index is 12.6. The molecule has 0 aliphatic rings. The Balaban J connectivity index is 1.55. The van der Waals surface area contributed by atoms with E-state index < -0.39 is 0 Å². The van der Waals surface area contributed by atoms with Crippen LogP contribution in [0.1, 0.15) is 12.5 Å². The number of aromatic nitrogens is 2. The van der Waals surface area contributed by atoms with Crippen molar-refractivity contribution in [2.24, 2.45) is 0 Å². The molecule has 1 amide bonds. The maximum Gasteiger partial charge on any atom is 0.246 e. The van der Waals surface area contributed by atoms with Gasteiger partial charge in [0, 0.05) is 21.8 Å². The standard InChI is InChI=1S/C26H23ClN4O/c1-2-18-8-14-22(15-9-18)28-17-25(32)31-26-29-23(19-6-4-3-5-7-19)16-24(30-26)20-10-12-21(27)13-11-20/h3-16,28H,2,17H2,1H3,(H,29,30,31,32). The molecule has 32 heavy (non-hydrogen) atoms. The van der Waals surface area contributed by atoms with Gasteiger partial charge in [-0.15, -0.1) is 0 Å². The van der Waals surface area contributed by atoms with Crippen LogP contribution in [0.5, 0.6) is 0 Å². The van der Waals surface area contributed by atoms with E-state index in [1.165, 1.54) is 5.56 Å². The number of hydrogen-bond donors (Lipinski definition) is 2. The third-order valence-electron chi connectivity index (χ3n) is 5.00. The summed E-state index contributed by atoms with van der Waals surface area (Å²) in [7, 11) is 0. The van der Waals surface area contributed by atoms with Crippen molar-refractivity contribution in [1.29, 1.82) is 0 Å². The molecule has 0 fully saturated rings. The normalized spacial score (nSPS) is 10.6. The Morgan fingerprint density at radius 1 is 0.844 bits per heavy atom. The molecule has 0 saturated carbocycles. The highest BCUT2D eigenvalue weighted by atomic mass is 35.5. The number of aryl methyl sites for hydroxylation is 1.